The predicted octanol–water partition coefficient (Wildman–Crippen LogP) is 3.36. The molecule has 0 saturated carbocycles. The van der Waals surface area contributed by atoms with Crippen LogP contribution in [0.5, 0.6) is 0 Å². The summed E-state index contributed by atoms with van der Waals surface area (Å²) in [6.07, 6.45) is 0. The smallest absolute Gasteiger partial charge is 0.408 e. The first-order chi connectivity index (χ1) is 10.3. The first-order valence-electron chi connectivity index (χ1n) is 6.39. The molecule has 1 aromatic carbocycles. The third-order valence-electron chi connectivity index (χ3n) is 3.22. The zero-order valence-electron chi connectivity index (χ0n) is 10.9. The van der Waals surface area contributed by atoms with Crippen LogP contribution < -0.4 is 5.76 Å². The molecule has 0 unspecified atom stereocenters. The molecule has 0 aliphatic rings. The standard InChI is InChI=1S/C15H10N2O3S/c18-15-17(11-4-1-2-5-12(11)19-15)9-10-8-13(20-16-10)14-6-3-7-21-14/h1-8H,9H2. The molecule has 4 rings (SSSR count). The maximum Gasteiger partial charge on any atom is 0.420 e. The summed E-state index contributed by atoms with van der Waals surface area (Å²) in [5, 5.41) is 6.00. The summed E-state index contributed by atoms with van der Waals surface area (Å²) in [7, 11) is 0. The van der Waals surface area contributed by atoms with Crippen LogP contribution >= 0.6 is 11.3 Å². The number of aromatic nitrogens is 2. The molecule has 0 aliphatic heterocycles. The number of thiophene rings is 1. The van der Waals surface area contributed by atoms with E-state index in [2.05, 4.69) is 5.16 Å². The van der Waals surface area contributed by atoms with Crippen LogP contribution in [0.3, 0.4) is 0 Å². The van der Waals surface area contributed by atoms with Crippen molar-refractivity contribution in [3.05, 3.63) is 64.1 Å². The number of oxazole rings is 1. The zero-order chi connectivity index (χ0) is 14.2. The van der Waals surface area contributed by atoms with Gasteiger partial charge in [0.15, 0.2) is 11.3 Å². The van der Waals surface area contributed by atoms with Crippen LogP contribution in [0.4, 0.5) is 0 Å². The minimum Gasteiger partial charge on any atom is -0.408 e. The van der Waals surface area contributed by atoms with Crippen molar-refractivity contribution < 1.29 is 8.94 Å². The normalized spacial score (nSPS) is 11.2. The van der Waals surface area contributed by atoms with Gasteiger partial charge in [-0.2, -0.15) is 0 Å². The number of benzene rings is 1. The van der Waals surface area contributed by atoms with Crippen molar-refractivity contribution in [2.45, 2.75) is 6.54 Å². The Kier molecular flexibility index (Phi) is 2.75. The number of hydrogen-bond acceptors (Lipinski definition) is 5. The summed E-state index contributed by atoms with van der Waals surface area (Å²) >= 11 is 1.58. The average Bonchev–Trinajstić information content (AvgIpc) is 3.20. The molecule has 3 aromatic heterocycles. The molecule has 5 nitrogen and oxygen atoms in total. The topological polar surface area (TPSA) is 61.2 Å². The van der Waals surface area contributed by atoms with Gasteiger partial charge in [-0.3, -0.25) is 4.57 Å². The Morgan fingerprint density at radius 1 is 1.19 bits per heavy atom. The number of fused-ring (bicyclic) bond motifs is 1. The van der Waals surface area contributed by atoms with Crippen molar-refractivity contribution in [2.75, 3.05) is 0 Å². The molecule has 0 radical (unpaired) electrons. The quantitative estimate of drug-likeness (QED) is 0.582. The number of nitrogens with zero attached hydrogens (tertiary/aromatic N) is 2. The summed E-state index contributed by atoms with van der Waals surface area (Å²) in [6, 6.07) is 13.1. The number of hydrogen-bond donors (Lipinski definition) is 0. The molecule has 4 aromatic rings. The fourth-order valence-corrected chi connectivity index (χ4v) is 2.92. The van der Waals surface area contributed by atoms with Crippen molar-refractivity contribution in [3.8, 4) is 10.6 Å². The van der Waals surface area contributed by atoms with Crippen LogP contribution in [0.25, 0.3) is 21.7 Å². The largest absolute Gasteiger partial charge is 0.420 e. The van der Waals surface area contributed by atoms with Crippen LogP contribution in [0, 0.1) is 0 Å². The number of para-hydroxylation sites is 2. The second kappa shape index (κ2) is 4.75. The van der Waals surface area contributed by atoms with Gasteiger partial charge in [-0.25, -0.2) is 4.79 Å². The van der Waals surface area contributed by atoms with Crippen LogP contribution in [-0.2, 0) is 6.54 Å². The summed E-state index contributed by atoms with van der Waals surface area (Å²) in [6.45, 7) is 0.324. The maximum absolute atomic E-state index is 11.9. The van der Waals surface area contributed by atoms with E-state index in [0.29, 0.717) is 23.6 Å². The fraction of sp³-hybridized carbons (Fsp3) is 0.0667. The molecule has 0 amide bonds. The van der Waals surface area contributed by atoms with Crippen molar-refractivity contribution >= 4 is 22.4 Å². The Bertz CT molecular complexity index is 947. The highest BCUT2D eigenvalue weighted by Gasteiger charge is 2.12. The highest BCUT2D eigenvalue weighted by molar-refractivity contribution is 7.13. The lowest BCUT2D eigenvalue weighted by molar-refractivity contribution is 0.420. The van der Waals surface area contributed by atoms with E-state index in [4.69, 9.17) is 8.94 Å². The molecule has 0 bridgehead atoms. The molecule has 0 N–H and O–H groups in total. The van der Waals surface area contributed by atoms with E-state index in [1.807, 2.05) is 41.8 Å². The average molecular weight is 298 g/mol. The second-order valence-electron chi connectivity index (χ2n) is 4.58. The van der Waals surface area contributed by atoms with Gasteiger partial charge in [0.05, 0.1) is 16.9 Å². The SMILES string of the molecule is O=c1oc2ccccc2n1Cc1cc(-c2cccs2)on1. The van der Waals surface area contributed by atoms with Gasteiger partial charge in [-0.1, -0.05) is 23.4 Å². The minimum atomic E-state index is -0.392. The first-order valence-corrected chi connectivity index (χ1v) is 7.27. The van der Waals surface area contributed by atoms with Crippen LogP contribution in [0.15, 0.2) is 61.6 Å². The third-order valence-corrected chi connectivity index (χ3v) is 4.10. The Balaban J connectivity index is 1.72. The monoisotopic (exact) mass is 298 g/mol. The molecule has 21 heavy (non-hydrogen) atoms. The molecule has 6 heteroatoms. The molecule has 104 valence electrons. The Labute approximate surface area is 123 Å². The van der Waals surface area contributed by atoms with Gasteiger partial charge >= 0.3 is 5.76 Å². The van der Waals surface area contributed by atoms with E-state index < -0.39 is 5.76 Å². The van der Waals surface area contributed by atoms with E-state index >= 15 is 0 Å². The summed E-state index contributed by atoms with van der Waals surface area (Å²) in [4.78, 5) is 12.9. The van der Waals surface area contributed by atoms with Gasteiger partial charge in [-0.05, 0) is 23.6 Å². The Hall–Kier alpha value is -2.60. The minimum absolute atomic E-state index is 0.324. The zero-order valence-corrected chi connectivity index (χ0v) is 11.7. The van der Waals surface area contributed by atoms with Crippen LogP contribution in [-0.4, -0.2) is 9.72 Å². The second-order valence-corrected chi connectivity index (χ2v) is 5.53. The van der Waals surface area contributed by atoms with Crippen molar-refractivity contribution in [1.29, 1.82) is 0 Å². The highest BCUT2D eigenvalue weighted by atomic mass is 32.1. The van der Waals surface area contributed by atoms with Gasteiger partial charge in [0.25, 0.3) is 0 Å². The molecule has 0 fully saturated rings. The maximum atomic E-state index is 11.9. The summed E-state index contributed by atoms with van der Waals surface area (Å²) in [5.41, 5.74) is 2.01. The number of rotatable bonds is 3. The van der Waals surface area contributed by atoms with Crippen LogP contribution in [0.2, 0.25) is 0 Å². The molecule has 0 atom stereocenters. The molecule has 0 aliphatic carbocycles. The lowest BCUT2D eigenvalue weighted by Gasteiger charge is -1.97. The van der Waals surface area contributed by atoms with Crippen molar-refractivity contribution in [1.82, 2.24) is 9.72 Å². The Morgan fingerprint density at radius 3 is 2.95 bits per heavy atom. The van der Waals surface area contributed by atoms with E-state index in [0.717, 1.165) is 10.4 Å². The van der Waals surface area contributed by atoms with E-state index in [1.165, 1.54) is 0 Å². The van der Waals surface area contributed by atoms with Gasteiger partial charge in [0.2, 0.25) is 0 Å². The van der Waals surface area contributed by atoms with Gasteiger partial charge in [0, 0.05) is 6.07 Å². The Morgan fingerprint density at radius 2 is 2.10 bits per heavy atom. The molecular formula is C15H10N2O3S. The van der Waals surface area contributed by atoms with Crippen molar-refractivity contribution in [3.63, 3.8) is 0 Å². The van der Waals surface area contributed by atoms with Crippen molar-refractivity contribution in [2.24, 2.45) is 0 Å². The van der Waals surface area contributed by atoms with E-state index in [-0.39, 0.29) is 0 Å². The van der Waals surface area contributed by atoms with Crippen LogP contribution in [0.1, 0.15) is 5.69 Å². The summed E-state index contributed by atoms with van der Waals surface area (Å²) < 4.78 is 12.1. The van der Waals surface area contributed by atoms with E-state index in [1.54, 1.807) is 22.0 Å². The lowest BCUT2D eigenvalue weighted by Crippen LogP contribution is -2.14. The van der Waals surface area contributed by atoms with Gasteiger partial charge in [-0.15, -0.1) is 11.3 Å². The van der Waals surface area contributed by atoms with Gasteiger partial charge < -0.3 is 8.94 Å². The summed E-state index contributed by atoms with van der Waals surface area (Å²) in [5.74, 6) is 0.317. The first kappa shape index (κ1) is 12.2. The molecule has 0 saturated heterocycles. The molecule has 3 heterocycles. The molecular weight excluding hydrogens is 288 g/mol. The molecule has 0 spiro atoms. The third kappa shape index (κ3) is 2.09. The van der Waals surface area contributed by atoms with E-state index in [9.17, 15) is 4.79 Å². The predicted molar refractivity (Wildman–Crippen MR) is 79.4 cm³/mol. The fourth-order valence-electron chi connectivity index (χ4n) is 2.25. The lowest BCUT2D eigenvalue weighted by atomic mass is 10.3. The highest BCUT2D eigenvalue weighted by Crippen LogP contribution is 2.25. The van der Waals surface area contributed by atoms with Gasteiger partial charge in [0.1, 0.15) is 5.69 Å².